The van der Waals surface area contributed by atoms with Gasteiger partial charge in [0, 0.05) is 19.2 Å². The third-order valence-corrected chi connectivity index (χ3v) is 4.94. The molecule has 0 aliphatic carbocycles. The molecule has 0 atom stereocenters. The van der Waals surface area contributed by atoms with Crippen molar-refractivity contribution < 1.29 is 14.3 Å². The molecule has 148 valence electrons. The van der Waals surface area contributed by atoms with E-state index in [1.54, 1.807) is 11.9 Å². The van der Waals surface area contributed by atoms with Crippen LogP contribution in [0.1, 0.15) is 24.5 Å². The van der Waals surface area contributed by atoms with Crippen molar-refractivity contribution in [3.63, 3.8) is 0 Å². The highest BCUT2D eigenvalue weighted by molar-refractivity contribution is 5.91. The van der Waals surface area contributed by atoms with Crippen LogP contribution in [0.25, 0.3) is 0 Å². The molecule has 1 saturated heterocycles. The summed E-state index contributed by atoms with van der Waals surface area (Å²) in [6.07, 6.45) is 1.90. The SMILES string of the molecule is CCc1ccccc1OC1CN(C(=O)Nc2ccccc2CCC(=O)NC)C1. The predicted octanol–water partition coefficient (Wildman–Crippen LogP) is 3.22. The fourth-order valence-corrected chi connectivity index (χ4v) is 3.20. The first-order chi connectivity index (χ1) is 13.6. The summed E-state index contributed by atoms with van der Waals surface area (Å²) < 4.78 is 6.04. The van der Waals surface area contributed by atoms with Crippen molar-refractivity contribution in [2.45, 2.75) is 32.3 Å². The Balaban J connectivity index is 1.52. The van der Waals surface area contributed by atoms with Crippen LogP contribution in [0.4, 0.5) is 10.5 Å². The second-order valence-corrected chi connectivity index (χ2v) is 6.87. The van der Waals surface area contributed by atoms with Gasteiger partial charge in [0.1, 0.15) is 11.9 Å². The molecule has 3 amide bonds. The largest absolute Gasteiger partial charge is 0.486 e. The monoisotopic (exact) mass is 381 g/mol. The zero-order valence-corrected chi connectivity index (χ0v) is 16.4. The third kappa shape index (κ3) is 4.82. The second kappa shape index (κ2) is 9.26. The van der Waals surface area contributed by atoms with E-state index in [1.165, 1.54) is 5.56 Å². The molecule has 2 aromatic rings. The van der Waals surface area contributed by atoms with Crippen molar-refractivity contribution in [3.8, 4) is 5.75 Å². The molecule has 6 nitrogen and oxygen atoms in total. The number of amides is 3. The Morgan fingerprint density at radius 3 is 2.46 bits per heavy atom. The molecule has 3 rings (SSSR count). The van der Waals surface area contributed by atoms with E-state index in [2.05, 4.69) is 23.6 Å². The van der Waals surface area contributed by atoms with Gasteiger partial charge in [-0.25, -0.2) is 4.79 Å². The molecule has 0 unspecified atom stereocenters. The number of rotatable bonds is 7. The van der Waals surface area contributed by atoms with Gasteiger partial charge in [0.05, 0.1) is 13.1 Å². The van der Waals surface area contributed by atoms with E-state index in [9.17, 15) is 9.59 Å². The van der Waals surface area contributed by atoms with E-state index in [0.717, 1.165) is 23.4 Å². The molecule has 0 radical (unpaired) electrons. The van der Waals surface area contributed by atoms with Gasteiger partial charge < -0.3 is 20.3 Å². The molecular formula is C22H27N3O3. The Kier molecular flexibility index (Phi) is 6.53. The Morgan fingerprint density at radius 2 is 1.75 bits per heavy atom. The topological polar surface area (TPSA) is 70.7 Å². The molecule has 28 heavy (non-hydrogen) atoms. The average Bonchev–Trinajstić information content (AvgIpc) is 2.69. The molecule has 0 bridgehead atoms. The van der Waals surface area contributed by atoms with Crippen molar-refractivity contribution in [2.24, 2.45) is 0 Å². The van der Waals surface area contributed by atoms with Crippen LogP contribution in [0.3, 0.4) is 0 Å². The van der Waals surface area contributed by atoms with Crippen LogP contribution in [0, 0.1) is 0 Å². The number of aryl methyl sites for hydroxylation is 2. The zero-order valence-electron chi connectivity index (χ0n) is 16.4. The van der Waals surface area contributed by atoms with E-state index in [4.69, 9.17) is 4.74 Å². The molecule has 0 saturated carbocycles. The van der Waals surface area contributed by atoms with Gasteiger partial charge >= 0.3 is 6.03 Å². The van der Waals surface area contributed by atoms with Gasteiger partial charge in [0.2, 0.25) is 5.91 Å². The molecule has 1 heterocycles. The Bertz CT molecular complexity index is 831. The quantitative estimate of drug-likeness (QED) is 0.774. The van der Waals surface area contributed by atoms with Gasteiger partial charge in [-0.15, -0.1) is 0 Å². The number of benzene rings is 2. The average molecular weight is 381 g/mol. The van der Waals surface area contributed by atoms with E-state index >= 15 is 0 Å². The number of para-hydroxylation sites is 2. The highest BCUT2D eigenvalue weighted by Gasteiger charge is 2.32. The number of ether oxygens (including phenoxy) is 1. The van der Waals surface area contributed by atoms with Gasteiger partial charge in [-0.05, 0) is 36.1 Å². The summed E-state index contributed by atoms with van der Waals surface area (Å²) in [6, 6.07) is 15.5. The van der Waals surface area contributed by atoms with Gasteiger partial charge in [0.25, 0.3) is 0 Å². The van der Waals surface area contributed by atoms with Crippen LogP contribution in [-0.4, -0.2) is 43.1 Å². The molecule has 0 spiro atoms. The second-order valence-electron chi connectivity index (χ2n) is 6.87. The van der Waals surface area contributed by atoms with Gasteiger partial charge in [-0.1, -0.05) is 43.3 Å². The summed E-state index contributed by atoms with van der Waals surface area (Å²) >= 11 is 0. The normalized spacial score (nSPS) is 13.6. The van der Waals surface area contributed by atoms with Crippen LogP contribution in [0.5, 0.6) is 5.75 Å². The summed E-state index contributed by atoms with van der Waals surface area (Å²) in [7, 11) is 1.62. The molecule has 0 aromatic heterocycles. The number of urea groups is 1. The number of hydrogen-bond acceptors (Lipinski definition) is 3. The summed E-state index contributed by atoms with van der Waals surface area (Å²) in [5.74, 6) is 0.880. The fourth-order valence-electron chi connectivity index (χ4n) is 3.20. The summed E-state index contributed by atoms with van der Waals surface area (Å²) in [4.78, 5) is 25.8. The van der Waals surface area contributed by atoms with Gasteiger partial charge in [-0.2, -0.15) is 0 Å². The van der Waals surface area contributed by atoms with Crippen LogP contribution < -0.4 is 15.4 Å². The lowest BCUT2D eigenvalue weighted by molar-refractivity contribution is -0.120. The van der Waals surface area contributed by atoms with E-state index in [1.807, 2.05) is 42.5 Å². The maximum Gasteiger partial charge on any atom is 0.322 e. The molecule has 1 fully saturated rings. The van der Waals surface area contributed by atoms with Crippen LogP contribution in [0.15, 0.2) is 48.5 Å². The van der Waals surface area contributed by atoms with Gasteiger partial charge in [-0.3, -0.25) is 4.79 Å². The Labute approximate surface area is 165 Å². The fraction of sp³-hybridized carbons (Fsp3) is 0.364. The number of nitrogens with zero attached hydrogens (tertiary/aromatic N) is 1. The van der Waals surface area contributed by atoms with Crippen molar-refractivity contribution in [2.75, 3.05) is 25.5 Å². The van der Waals surface area contributed by atoms with E-state index in [0.29, 0.717) is 25.9 Å². The van der Waals surface area contributed by atoms with Crippen LogP contribution in [-0.2, 0) is 17.6 Å². The minimum atomic E-state index is -0.143. The molecule has 1 aliphatic heterocycles. The standard InChI is InChI=1S/C22H27N3O3/c1-3-16-8-5-7-11-20(16)28-18-14-25(15-18)22(27)24-19-10-6-4-9-17(19)12-13-21(26)23-2/h4-11,18H,3,12-15H2,1-2H3,(H,23,26)(H,24,27). The molecule has 1 aliphatic rings. The number of nitrogens with one attached hydrogen (secondary N) is 2. The minimum absolute atomic E-state index is 0.0157. The lowest BCUT2D eigenvalue weighted by atomic mass is 10.1. The van der Waals surface area contributed by atoms with Crippen LogP contribution in [0.2, 0.25) is 0 Å². The number of carbonyl (C=O) groups excluding carboxylic acids is 2. The molecular weight excluding hydrogens is 354 g/mol. The summed E-state index contributed by atoms with van der Waals surface area (Å²) in [5.41, 5.74) is 2.87. The van der Waals surface area contributed by atoms with Crippen molar-refractivity contribution in [3.05, 3.63) is 59.7 Å². The highest BCUT2D eigenvalue weighted by Crippen LogP contribution is 2.24. The first-order valence-corrected chi connectivity index (χ1v) is 9.69. The van der Waals surface area contributed by atoms with E-state index < -0.39 is 0 Å². The number of hydrogen-bond donors (Lipinski definition) is 2. The number of anilines is 1. The highest BCUT2D eigenvalue weighted by atomic mass is 16.5. The lowest BCUT2D eigenvalue weighted by Gasteiger charge is -2.39. The predicted molar refractivity (Wildman–Crippen MR) is 110 cm³/mol. The number of carbonyl (C=O) groups is 2. The summed E-state index contributed by atoms with van der Waals surface area (Å²) in [5, 5.41) is 5.58. The van der Waals surface area contributed by atoms with E-state index in [-0.39, 0.29) is 18.0 Å². The maximum absolute atomic E-state index is 12.5. The smallest absolute Gasteiger partial charge is 0.322 e. The molecule has 2 N–H and O–H groups in total. The Hall–Kier alpha value is -3.02. The first kappa shape index (κ1) is 19.7. The third-order valence-electron chi connectivity index (χ3n) is 4.94. The van der Waals surface area contributed by atoms with Crippen molar-refractivity contribution in [1.29, 1.82) is 0 Å². The number of likely N-dealkylation sites (tertiary alicyclic amines) is 1. The van der Waals surface area contributed by atoms with Crippen LogP contribution >= 0.6 is 0 Å². The molecule has 2 aromatic carbocycles. The lowest BCUT2D eigenvalue weighted by Crippen LogP contribution is -2.57. The van der Waals surface area contributed by atoms with Gasteiger partial charge in [0.15, 0.2) is 0 Å². The zero-order chi connectivity index (χ0) is 19.9. The summed E-state index contributed by atoms with van der Waals surface area (Å²) in [6.45, 7) is 3.22. The maximum atomic E-state index is 12.5. The Morgan fingerprint density at radius 1 is 1.07 bits per heavy atom. The minimum Gasteiger partial charge on any atom is -0.486 e. The van der Waals surface area contributed by atoms with Crippen molar-refractivity contribution in [1.82, 2.24) is 10.2 Å². The van der Waals surface area contributed by atoms with Crippen molar-refractivity contribution >= 4 is 17.6 Å². The molecule has 6 heteroatoms. The first-order valence-electron chi connectivity index (χ1n) is 9.69.